The Morgan fingerprint density at radius 3 is 2.38 bits per heavy atom. The molecule has 1 aromatic rings. The Balaban J connectivity index is 2.62. The fourth-order valence-electron chi connectivity index (χ4n) is 1.83. The zero-order chi connectivity index (χ0) is 15.7. The van der Waals surface area contributed by atoms with Gasteiger partial charge < -0.3 is 14.2 Å². The Bertz CT molecular complexity index is 434. The lowest BCUT2D eigenvalue weighted by atomic mass is 10.2. The van der Waals surface area contributed by atoms with Gasteiger partial charge in [-0.25, -0.2) is 0 Å². The van der Waals surface area contributed by atoms with E-state index in [0.29, 0.717) is 19.0 Å². The van der Waals surface area contributed by atoms with Crippen molar-refractivity contribution in [2.24, 2.45) is 0 Å². The average Bonchev–Trinajstić information content (AvgIpc) is 2.44. The fourth-order valence-corrected chi connectivity index (χ4v) is 1.83. The van der Waals surface area contributed by atoms with E-state index in [2.05, 4.69) is 5.32 Å². The topological polar surface area (TPSA) is 56.8 Å². The highest BCUT2D eigenvalue weighted by atomic mass is 16.5. The van der Waals surface area contributed by atoms with Gasteiger partial charge in [0.05, 0.1) is 13.2 Å². The lowest BCUT2D eigenvalue weighted by molar-refractivity contribution is -0.146. The van der Waals surface area contributed by atoms with Gasteiger partial charge in [0.2, 0.25) is 0 Å². The molecule has 0 aromatic heterocycles. The van der Waals surface area contributed by atoms with Gasteiger partial charge in [0.25, 0.3) is 0 Å². The Morgan fingerprint density at radius 1 is 1.14 bits per heavy atom. The number of ether oxygens (including phenoxy) is 3. The molecule has 0 amide bonds. The SMILES string of the molecule is CCOC(=O)C(COc1cccc(OCC)c1)NC(C)C. The fraction of sp³-hybridized carbons (Fsp3) is 0.562. The molecule has 0 aliphatic carbocycles. The van der Waals surface area contributed by atoms with Crippen LogP contribution in [0.3, 0.4) is 0 Å². The highest BCUT2D eigenvalue weighted by molar-refractivity contribution is 5.76. The minimum absolute atomic E-state index is 0.165. The van der Waals surface area contributed by atoms with Gasteiger partial charge >= 0.3 is 5.97 Å². The smallest absolute Gasteiger partial charge is 0.326 e. The minimum atomic E-state index is -0.485. The Hall–Kier alpha value is -1.75. The molecule has 0 heterocycles. The van der Waals surface area contributed by atoms with Crippen LogP contribution < -0.4 is 14.8 Å². The molecule has 0 radical (unpaired) electrons. The van der Waals surface area contributed by atoms with Gasteiger partial charge in [-0.2, -0.15) is 0 Å². The van der Waals surface area contributed by atoms with Crippen molar-refractivity contribution in [1.29, 1.82) is 0 Å². The summed E-state index contributed by atoms with van der Waals surface area (Å²) in [5, 5.41) is 3.14. The van der Waals surface area contributed by atoms with E-state index < -0.39 is 6.04 Å². The molecular formula is C16H25NO4. The van der Waals surface area contributed by atoms with E-state index >= 15 is 0 Å². The van der Waals surface area contributed by atoms with E-state index in [1.165, 1.54) is 0 Å². The van der Waals surface area contributed by atoms with Crippen LogP contribution in [0.15, 0.2) is 24.3 Å². The third kappa shape index (κ3) is 6.49. The summed E-state index contributed by atoms with van der Waals surface area (Å²) < 4.78 is 16.1. The molecule has 0 bridgehead atoms. The molecule has 0 aliphatic heterocycles. The van der Waals surface area contributed by atoms with Crippen molar-refractivity contribution >= 4 is 5.97 Å². The van der Waals surface area contributed by atoms with Crippen LogP contribution in [0, 0.1) is 0 Å². The first kappa shape index (κ1) is 17.3. The molecule has 1 N–H and O–H groups in total. The highest BCUT2D eigenvalue weighted by Gasteiger charge is 2.21. The first-order chi connectivity index (χ1) is 10.1. The van der Waals surface area contributed by atoms with Crippen LogP contribution in [0.2, 0.25) is 0 Å². The summed E-state index contributed by atoms with van der Waals surface area (Å²) in [6.45, 7) is 8.84. The maximum atomic E-state index is 11.9. The second-order valence-corrected chi connectivity index (χ2v) is 4.84. The zero-order valence-corrected chi connectivity index (χ0v) is 13.2. The van der Waals surface area contributed by atoms with Crippen molar-refractivity contribution in [3.63, 3.8) is 0 Å². The number of hydrogen-bond donors (Lipinski definition) is 1. The molecule has 1 atom stereocenters. The van der Waals surface area contributed by atoms with Gasteiger partial charge in [-0.05, 0) is 26.0 Å². The normalized spacial score (nSPS) is 12.0. The van der Waals surface area contributed by atoms with Crippen LogP contribution in [0.4, 0.5) is 0 Å². The monoisotopic (exact) mass is 295 g/mol. The van der Waals surface area contributed by atoms with Gasteiger partial charge in [-0.15, -0.1) is 0 Å². The van der Waals surface area contributed by atoms with Crippen molar-refractivity contribution < 1.29 is 19.0 Å². The molecule has 5 heteroatoms. The molecule has 21 heavy (non-hydrogen) atoms. The molecule has 0 saturated heterocycles. The summed E-state index contributed by atoms with van der Waals surface area (Å²) >= 11 is 0. The van der Waals surface area contributed by atoms with Crippen molar-refractivity contribution in [2.75, 3.05) is 19.8 Å². The first-order valence-corrected chi connectivity index (χ1v) is 7.35. The molecular weight excluding hydrogens is 270 g/mol. The summed E-state index contributed by atoms with van der Waals surface area (Å²) in [7, 11) is 0. The summed E-state index contributed by atoms with van der Waals surface area (Å²) in [5.74, 6) is 1.12. The van der Waals surface area contributed by atoms with Crippen LogP contribution in [0.1, 0.15) is 27.7 Å². The molecule has 1 unspecified atom stereocenters. The van der Waals surface area contributed by atoms with Gasteiger partial charge in [0.15, 0.2) is 0 Å². The first-order valence-electron chi connectivity index (χ1n) is 7.35. The predicted octanol–water partition coefficient (Wildman–Crippen LogP) is 2.39. The maximum absolute atomic E-state index is 11.9. The number of esters is 1. The van der Waals surface area contributed by atoms with Crippen molar-refractivity contribution in [3.8, 4) is 11.5 Å². The van der Waals surface area contributed by atoms with Gasteiger partial charge in [-0.1, -0.05) is 19.9 Å². The van der Waals surface area contributed by atoms with Crippen LogP contribution >= 0.6 is 0 Å². The quantitative estimate of drug-likeness (QED) is 0.709. The van der Waals surface area contributed by atoms with Gasteiger partial charge in [0.1, 0.15) is 24.1 Å². The second-order valence-electron chi connectivity index (χ2n) is 4.84. The van der Waals surface area contributed by atoms with Crippen LogP contribution in [-0.2, 0) is 9.53 Å². The Kier molecular flexibility index (Phi) is 7.61. The van der Waals surface area contributed by atoms with Crippen LogP contribution in [-0.4, -0.2) is 37.9 Å². The summed E-state index contributed by atoms with van der Waals surface area (Å²) in [5.41, 5.74) is 0. The van der Waals surface area contributed by atoms with E-state index in [1.807, 2.05) is 39.0 Å². The average molecular weight is 295 g/mol. The van der Waals surface area contributed by atoms with E-state index in [-0.39, 0.29) is 18.6 Å². The third-order valence-corrected chi connectivity index (χ3v) is 2.64. The zero-order valence-electron chi connectivity index (χ0n) is 13.2. The number of benzene rings is 1. The van der Waals surface area contributed by atoms with E-state index in [1.54, 1.807) is 13.0 Å². The van der Waals surface area contributed by atoms with Gasteiger partial charge in [0, 0.05) is 12.1 Å². The minimum Gasteiger partial charge on any atom is -0.494 e. The molecule has 1 rings (SSSR count). The molecule has 5 nitrogen and oxygen atoms in total. The second kappa shape index (κ2) is 9.23. The summed E-state index contributed by atoms with van der Waals surface area (Å²) in [6, 6.07) is 7.04. The summed E-state index contributed by atoms with van der Waals surface area (Å²) in [6.07, 6.45) is 0. The summed E-state index contributed by atoms with van der Waals surface area (Å²) in [4.78, 5) is 11.9. The number of nitrogens with one attached hydrogen (secondary N) is 1. The van der Waals surface area contributed by atoms with E-state index in [0.717, 1.165) is 5.75 Å². The van der Waals surface area contributed by atoms with Gasteiger partial charge in [-0.3, -0.25) is 10.1 Å². The molecule has 118 valence electrons. The largest absolute Gasteiger partial charge is 0.494 e. The molecule has 1 aromatic carbocycles. The van der Waals surface area contributed by atoms with Crippen LogP contribution in [0.5, 0.6) is 11.5 Å². The number of hydrogen-bond acceptors (Lipinski definition) is 5. The van der Waals surface area contributed by atoms with Crippen LogP contribution in [0.25, 0.3) is 0 Å². The van der Waals surface area contributed by atoms with Crippen molar-refractivity contribution in [2.45, 2.75) is 39.8 Å². The third-order valence-electron chi connectivity index (χ3n) is 2.64. The lowest BCUT2D eigenvalue weighted by Gasteiger charge is -2.20. The molecule has 0 fully saturated rings. The Morgan fingerprint density at radius 2 is 1.81 bits per heavy atom. The lowest BCUT2D eigenvalue weighted by Crippen LogP contribution is -2.45. The maximum Gasteiger partial charge on any atom is 0.326 e. The van der Waals surface area contributed by atoms with E-state index in [9.17, 15) is 4.79 Å². The van der Waals surface area contributed by atoms with E-state index in [4.69, 9.17) is 14.2 Å². The number of carbonyl (C=O) groups excluding carboxylic acids is 1. The molecule has 0 saturated carbocycles. The van der Waals surface area contributed by atoms with Crippen molar-refractivity contribution in [3.05, 3.63) is 24.3 Å². The number of rotatable bonds is 9. The highest BCUT2D eigenvalue weighted by Crippen LogP contribution is 2.19. The number of carbonyl (C=O) groups is 1. The molecule has 0 spiro atoms. The Labute approximate surface area is 126 Å². The predicted molar refractivity (Wildman–Crippen MR) is 81.8 cm³/mol. The van der Waals surface area contributed by atoms with Crippen molar-refractivity contribution in [1.82, 2.24) is 5.32 Å². The standard InChI is InChI=1S/C16H25NO4/c1-5-19-13-8-7-9-14(10-13)21-11-15(17-12(3)4)16(18)20-6-2/h7-10,12,15,17H,5-6,11H2,1-4H3. The molecule has 0 aliphatic rings.